The summed E-state index contributed by atoms with van der Waals surface area (Å²) in [5, 5.41) is 0.521. The first kappa shape index (κ1) is 15.9. The van der Waals surface area contributed by atoms with E-state index in [1.165, 1.54) is 7.11 Å². The maximum atomic E-state index is 12.8. The summed E-state index contributed by atoms with van der Waals surface area (Å²) >= 11 is 9.40. The number of carbonyl (C=O) groups is 1. The highest BCUT2D eigenvalue weighted by atomic mass is 79.9. The Hall–Kier alpha value is -1.52. The van der Waals surface area contributed by atoms with Crippen LogP contribution in [0.2, 0.25) is 5.02 Å². The molecular formula is C16H14BrClO3. The molecule has 0 spiro atoms. The lowest BCUT2D eigenvalue weighted by molar-refractivity contribution is 0.103. The van der Waals surface area contributed by atoms with E-state index in [1.807, 2.05) is 13.0 Å². The molecule has 0 amide bonds. The van der Waals surface area contributed by atoms with Crippen molar-refractivity contribution in [3.8, 4) is 11.5 Å². The number of rotatable bonds is 4. The predicted molar refractivity (Wildman–Crippen MR) is 86.9 cm³/mol. The van der Waals surface area contributed by atoms with Crippen molar-refractivity contribution >= 4 is 33.3 Å². The van der Waals surface area contributed by atoms with Crippen molar-refractivity contribution in [2.24, 2.45) is 0 Å². The molecule has 2 aromatic carbocycles. The van der Waals surface area contributed by atoms with Gasteiger partial charge in [0, 0.05) is 21.1 Å². The van der Waals surface area contributed by atoms with Gasteiger partial charge in [-0.3, -0.25) is 4.79 Å². The second-order valence-electron chi connectivity index (χ2n) is 4.47. The van der Waals surface area contributed by atoms with Gasteiger partial charge in [-0.25, -0.2) is 0 Å². The Morgan fingerprint density at radius 3 is 2.48 bits per heavy atom. The van der Waals surface area contributed by atoms with Crippen molar-refractivity contribution in [3.63, 3.8) is 0 Å². The van der Waals surface area contributed by atoms with E-state index in [0.29, 0.717) is 32.1 Å². The van der Waals surface area contributed by atoms with E-state index in [2.05, 4.69) is 15.9 Å². The fraction of sp³-hybridized carbons (Fsp3) is 0.188. The Labute approximate surface area is 137 Å². The van der Waals surface area contributed by atoms with Crippen molar-refractivity contribution in [1.82, 2.24) is 0 Å². The van der Waals surface area contributed by atoms with Gasteiger partial charge in [-0.05, 0) is 46.6 Å². The molecular weight excluding hydrogens is 356 g/mol. The van der Waals surface area contributed by atoms with Crippen LogP contribution in [-0.2, 0) is 0 Å². The van der Waals surface area contributed by atoms with Crippen LogP contribution in [0.25, 0.3) is 0 Å². The SMILES string of the molecule is COc1cc(Br)c(C(=O)c2cc(Cl)ccc2C)c(OC)c1. The highest BCUT2D eigenvalue weighted by Gasteiger charge is 2.21. The van der Waals surface area contributed by atoms with Crippen LogP contribution < -0.4 is 9.47 Å². The third kappa shape index (κ3) is 3.22. The van der Waals surface area contributed by atoms with Crippen LogP contribution in [0.5, 0.6) is 11.5 Å². The molecule has 0 bridgehead atoms. The van der Waals surface area contributed by atoms with Gasteiger partial charge in [-0.1, -0.05) is 17.7 Å². The normalized spacial score (nSPS) is 10.3. The largest absolute Gasteiger partial charge is 0.497 e. The molecule has 5 heteroatoms. The van der Waals surface area contributed by atoms with E-state index >= 15 is 0 Å². The number of carbonyl (C=O) groups excluding carboxylic acids is 1. The summed E-state index contributed by atoms with van der Waals surface area (Å²) in [4.78, 5) is 12.8. The number of ketones is 1. The third-order valence-corrected chi connectivity index (χ3v) is 4.01. The molecule has 0 saturated carbocycles. The molecule has 0 N–H and O–H groups in total. The highest BCUT2D eigenvalue weighted by Crippen LogP contribution is 2.34. The van der Waals surface area contributed by atoms with Crippen molar-refractivity contribution in [3.05, 3.63) is 56.5 Å². The number of methoxy groups -OCH3 is 2. The quantitative estimate of drug-likeness (QED) is 0.735. The van der Waals surface area contributed by atoms with E-state index in [1.54, 1.807) is 31.4 Å². The summed E-state index contributed by atoms with van der Waals surface area (Å²) in [7, 11) is 3.08. The number of aryl methyl sites for hydroxylation is 1. The molecule has 0 atom stereocenters. The zero-order chi connectivity index (χ0) is 15.6. The molecule has 0 heterocycles. The number of hydrogen-bond acceptors (Lipinski definition) is 3. The topological polar surface area (TPSA) is 35.5 Å². The summed E-state index contributed by atoms with van der Waals surface area (Å²) in [6.45, 7) is 1.87. The van der Waals surface area contributed by atoms with Gasteiger partial charge in [0.2, 0.25) is 0 Å². The molecule has 0 radical (unpaired) electrons. The van der Waals surface area contributed by atoms with E-state index in [-0.39, 0.29) is 5.78 Å². The third-order valence-electron chi connectivity index (χ3n) is 3.15. The standard InChI is InChI=1S/C16H14BrClO3/c1-9-4-5-10(18)6-12(9)16(19)15-13(17)7-11(20-2)8-14(15)21-3/h4-8H,1-3H3. The average Bonchev–Trinajstić information content (AvgIpc) is 2.48. The first-order valence-electron chi connectivity index (χ1n) is 6.20. The number of hydrogen-bond donors (Lipinski definition) is 0. The molecule has 0 aliphatic carbocycles. The Morgan fingerprint density at radius 1 is 1.14 bits per heavy atom. The summed E-state index contributed by atoms with van der Waals surface area (Å²) in [5.41, 5.74) is 1.85. The molecule has 0 aliphatic heterocycles. The lowest BCUT2D eigenvalue weighted by atomic mass is 9.98. The Morgan fingerprint density at radius 2 is 1.86 bits per heavy atom. The van der Waals surface area contributed by atoms with Gasteiger partial charge in [-0.15, -0.1) is 0 Å². The van der Waals surface area contributed by atoms with Crippen LogP contribution in [0.3, 0.4) is 0 Å². The molecule has 3 nitrogen and oxygen atoms in total. The van der Waals surface area contributed by atoms with Gasteiger partial charge in [0.25, 0.3) is 0 Å². The fourth-order valence-electron chi connectivity index (χ4n) is 2.03. The van der Waals surface area contributed by atoms with E-state index in [9.17, 15) is 4.79 Å². The molecule has 2 aromatic rings. The maximum Gasteiger partial charge on any atom is 0.198 e. The van der Waals surface area contributed by atoms with Crippen molar-refractivity contribution in [2.45, 2.75) is 6.92 Å². The Kier molecular flexibility index (Phi) is 4.91. The minimum Gasteiger partial charge on any atom is -0.497 e. The lowest BCUT2D eigenvalue weighted by Gasteiger charge is -2.13. The number of ether oxygens (including phenoxy) is 2. The minimum atomic E-state index is -0.152. The molecule has 0 aromatic heterocycles. The van der Waals surface area contributed by atoms with E-state index in [4.69, 9.17) is 21.1 Å². The van der Waals surface area contributed by atoms with Crippen LogP contribution in [0.1, 0.15) is 21.5 Å². The first-order chi connectivity index (χ1) is 9.97. The molecule has 0 aliphatic rings. The van der Waals surface area contributed by atoms with Crippen LogP contribution in [-0.4, -0.2) is 20.0 Å². The molecule has 2 rings (SSSR count). The van der Waals surface area contributed by atoms with Crippen LogP contribution in [0, 0.1) is 6.92 Å². The zero-order valence-electron chi connectivity index (χ0n) is 11.9. The fourth-order valence-corrected chi connectivity index (χ4v) is 2.80. The van der Waals surface area contributed by atoms with Crippen LogP contribution in [0.15, 0.2) is 34.8 Å². The second-order valence-corrected chi connectivity index (χ2v) is 5.77. The van der Waals surface area contributed by atoms with E-state index in [0.717, 1.165) is 5.56 Å². The first-order valence-corrected chi connectivity index (χ1v) is 7.37. The van der Waals surface area contributed by atoms with Crippen molar-refractivity contribution in [2.75, 3.05) is 14.2 Å². The molecule has 21 heavy (non-hydrogen) atoms. The lowest BCUT2D eigenvalue weighted by Crippen LogP contribution is -2.07. The van der Waals surface area contributed by atoms with Gasteiger partial charge in [0.15, 0.2) is 5.78 Å². The van der Waals surface area contributed by atoms with Gasteiger partial charge >= 0.3 is 0 Å². The summed E-state index contributed by atoms with van der Waals surface area (Å²) < 4.78 is 11.1. The monoisotopic (exact) mass is 368 g/mol. The summed E-state index contributed by atoms with van der Waals surface area (Å²) in [5.74, 6) is 0.907. The zero-order valence-corrected chi connectivity index (χ0v) is 14.2. The summed E-state index contributed by atoms with van der Waals surface area (Å²) in [6.07, 6.45) is 0. The molecule has 0 unspecified atom stereocenters. The van der Waals surface area contributed by atoms with Gasteiger partial charge < -0.3 is 9.47 Å². The smallest absolute Gasteiger partial charge is 0.198 e. The van der Waals surface area contributed by atoms with Gasteiger partial charge in [0.1, 0.15) is 11.5 Å². The molecule has 0 fully saturated rings. The number of halogens is 2. The van der Waals surface area contributed by atoms with Crippen molar-refractivity contribution in [1.29, 1.82) is 0 Å². The summed E-state index contributed by atoms with van der Waals surface area (Å²) in [6, 6.07) is 8.65. The highest BCUT2D eigenvalue weighted by molar-refractivity contribution is 9.10. The van der Waals surface area contributed by atoms with Crippen LogP contribution >= 0.6 is 27.5 Å². The average molecular weight is 370 g/mol. The van der Waals surface area contributed by atoms with E-state index < -0.39 is 0 Å². The molecule has 0 saturated heterocycles. The maximum absolute atomic E-state index is 12.8. The Balaban J connectivity index is 2.60. The second kappa shape index (κ2) is 6.50. The van der Waals surface area contributed by atoms with Gasteiger partial charge in [0.05, 0.1) is 19.8 Å². The van der Waals surface area contributed by atoms with Crippen LogP contribution in [0.4, 0.5) is 0 Å². The number of benzene rings is 2. The molecule has 110 valence electrons. The van der Waals surface area contributed by atoms with Crippen molar-refractivity contribution < 1.29 is 14.3 Å². The minimum absolute atomic E-state index is 0.152. The Bertz CT molecular complexity index is 698. The predicted octanol–water partition coefficient (Wildman–Crippen LogP) is 4.66. The van der Waals surface area contributed by atoms with Gasteiger partial charge in [-0.2, -0.15) is 0 Å².